The van der Waals surface area contributed by atoms with E-state index in [-0.39, 0.29) is 18.1 Å². The third kappa shape index (κ3) is 0.887. The van der Waals surface area contributed by atoms with Gasteiger partial charge in [0.2, 0.25) is 5.91 Å². The topological polar surface area (TPSA) is 46.3 Å². The van der Waals surface area contributed by atoms with E-state index in [9.17, 15) is 9.18 Å². The molecule has 0 bridgehead atoms. The molecule has 0 fully saturated rings. The summed E-state index contributed by atoms with van der Waals surface area (Å²) in [4.78, 5) is 11.0. The first-order chi connectivity index (χ1) is 5.68. The second kappa shape index (κ2) is 2.28. The van der Waals surface area contributed by atoms with Crippen LogP contribution >= 0.6 is 0 Å². The van der Waals surface area contributed by atoms with Gasteiger partial charge >= 0.3 is 0 Å². The Morgan fingerprint density at radius 1 is 1.50 bits per heavy atom. The Bertz CT molecular complexity index is 351. The van der Waals surface area contributed by atoms with Crippen molar-refractivity contribution >= 4 is 11.6 Å². The van der Waals surface area contributed by atoms with E-state index in [0.29, 0.717) is 11.3 Å². The minimum Gasteiger partial charge on any atom is -0.273 e. The summed E-state index contributed by atoms with van der Waals surface area (Å²) in [7, 11) is 0. The van der Waals surface area contributed by atoms with Crippen molar-refractivity contribution in [2.45, 2.75) is 6.42 Å². The van der Waals surface area contributed by atoms with Crippen LogP contribution in [0.25, 0.3) is 0 Å². The molecule has 1 aromatic carbocycles. The number of nitrogens with zero attached hydrogens (tertiary/aromatic N) is 1. The van der Waals surface area contributed by atoms with Crippen molar-refractivity contribution in [2.75, 3.05) is 5.01 Å². The predicted molar refractivity (Wildman–Crippen MR) is 41.8 cm³/mol. The Morgan fingerprint density at radius 3 is 3.00 bits per heavy atom. The molecule has 0 unspecified atom stereocenters. The van der Waals surface area contributed by atoms with Crippen molar-refractivity contribution in [3.8, 4) is 0 Å². The lowest BCUT2D eigenvalue weighted by molar-refractivity contribution is -0.117. The van der Waals surface area contributed by atoms with Crippen molar-refractivity contribution in [3.63, 3.8) is 0 Å². The van der Waals surface area contributed by atoms with E-state index < -0.39 is 0 Å². The molecule has 1 aliphatic heterocycles. The molecule has 12 heavy (non-hydrogen) atoms. The van der Waals surface area contributed by atoms with Crippen molar-refractivity contribution in [3.05, 3.63) is 29.6 Å². The van der Waals surface area contributed by atoms with Gasteiger partial charge in [-0.15, -0.1) is 0 Å². The minimum atomic E-state index is -0.336. The number of fused-ring (bicyclic) bond motifs is 1. The third-order valence-corrected chi connectivity index (χ3v) is 1.91. The van der Waals surface area contributed by atoms with E-state index >= 15 is 0 Å². The molecule has 2 N–H and O–H groups in total. The lowest BCUT2D eigenvalue weighted by atomic mass is 10.2. The third-order valence-electron chi connectivity index (χ3n) is 1.91. The maximum Gasteiger partial charge on any atom is 0.245 e. The fourth-order valence-electron chi connectivity index (χ4n) is 1.31. The van der Waals surface area contributed by atoms with Gasteiger partial charge in [0, 0.05) is 0 Å². The van der Waals surface area contributed by atoms with Crippen LogP contribution in [0.1, 0.15) is 5.56 Å². The van der Waals surface area contributed by atoms with Crippen LogP contribution in [0.5, 0.6) is 0 Å². The number of benzene rings is 1. The molecule has 2 rings (SSSR count). The van der Waals surface area contributed by atoms with E-state index in [1.165, 1.54) is 18.2 Å². The highest BCUT2D eigenvalue weighted by Gasteiger charge is 2.24. The number of amides is 1. The van der Waals surface area contributed by atoms with Crippen molar-refractivity contribution in [1.82, 2.24) is 0 Å². The molecule has 1 amide bonds. The average Bonchev–Trinajstić information content (AvgIpc) is 2.28. The predicted octanol–water partition coefficient (Wildman–Crippen LogP) is 0.588. The van der Waals surface area contributed by atoms with E-state index in [2.05, 4.69) is 0 Å². The molecule has 1 aliphatic rings. The zero-order valence-corrected chi connectivity index (χ0v) is 6.25. The second-order valence-corrected chi connectivity index (χ2v) is 2.71. The number of halogens is 1. The summed E-state index contributed by atoms with van der Waals surface area (Å²) in [6, 6.07) is 4.13. The standard InChI is InChI=1S/C8H7FN2O/c9-6-1-2-7-5(3-6)4-8(12)11(7)10/h1-3H,4,10H2. The summed E-state index contributed by atoms with van der Waals surface area (Å²) >= 11 is 0. The molecular weight excluding hydrogens is 159 g/mol. The highest BCUT2D eigenvalue weighted by molar-refractivity contribution is 6.00. The normalized spacial score (nSPS) is 15.2. The van der Waals surface area contributed by atoms with Crippen LogP contribution in [0.4, 0.5) is 10.1 Å². The molecular formula is C8H7FN2O. The first-order valence-electron chi connectivity index (χ1n) is 3.54. The maximum atomic E-state index is 12.6. The molecule has 1 aromatic rings. The molecule has 0 saturated carbocycles. The number of nitrogens with two attached hydrogens (primary N) is 1. The number of hydrogen-bond donors (Lipinski definition) is 1. The molecule has 0 aromatic heterocycles. The number of hydrazine groups is 1. The van der Waals surface area contributed by atoms with E-state index in [4.69, 9.17) is 5.84 Å². The van der Waals surface area contributed by atoms with Crippen LogP contribution in [0.3, 0.4) is 0 Å². The summed E-state index contributed by atoms with van der Waals surface area (Å²) in [6.45, 7) is 0. The Hall–Kier alpha value is -1.42. The smallest absolute Gasteiger partial charge is 0.245 e. The number of carbonyl (C=O) groups excluding carboxylic acids is 1. The van der Waals surface area contributed by atoms with E-state index in [1.54, 1.807) is 0 Å². The summed E-state index contributed by atoms with van der Waals surface area (Å²) in [6.07, 6.45) is 0.198. The van der Waals surface area contributed by atoms with Crippen molar-refractivity contribution < 1.29 is 9.18 Å². The van der Waals surface area contributed by atoms with Crippen molar-refractivity contribution in [1.29, 1.82) is 0 Å². The van der Waals surface area contributed by atoms with Crippen LogP contribution in [-0.4, -0.2) is 5.91 Å². The average molecular weight is 166 g/mol. The van der Waals surface area contributed by atoms with Crippen LogP contribution in [0.2, 0.25) is 0 Å². The van der Waals surface area contributed by atoms with Crippen LogP contribution in [-0.2, 0) is 11.2 Å². The zero-order valence-electron chi connectivity index (χ0n) is 6.25. The summed E-state index contributed by atoms with van der Waals surface area (Å²) in [5.74, 6) is 4.87. The number of rotatable bonds is 0. The first kappa shape index (κ1) is 7.24. The molecule has 3 nitrogen and oxygen atoms in total. The summed E-state index contributed by atoms with van der Waals surface area (Å²) < 4.78 is 12.6. The van der Waals surface area contributed by atoms with Crippen LogP contribution in [0, 0.1) is 5.82 Å². The highest BCUT2D eigenvalue weighted by atomic mass is 19.1. The van der Waals surface area contributed by atoms with Crippen LogP contribution in [0.15, 0.2) is 18.2 Å². The van der Waals surface area contributed by atoms with E-state index in [1.807, 2.05) is 0 Å². The van der Waals surface area contributed by atoms with Gasteiger partial charge in [0.05, 0.1) is 12.1 Å². The minimum absolute atomic E-state index is 0.198. The molecule has 0 radical (unpaired) electrons. The maximum absolute atomic E-state index is 12.6. The first-order valence-corrected chi connectivity index (χ1v) is 3.54. The lowest BCUT2D eigenvalue weighted by Gasteiger charge is -2.08. The van der Waals surface area contributed by atoms with Gasteiger partial charge in [-0.2, -0.15) is 0 Å². The van der Waals surface area contributed by atoms with Gasteiger partial charge in [0.15, 0.2) is 0 Å². The zero-order chi connectivity index (χ0) is 8.72. The summed E-state index contributed by atoms with van der Waals surface area (Å²) in [5, 5.41) is 1.05. The summed E-state index contributed by atoms with van der Waals surface area (Å²) in [5.41, 5.74) is 1.25. The van der Waals surface area contributed by atoms with Crippen LogP contribution < -0.4 is 10.9 Å². The quantitative estimate of drug-likeness (QED) is 0.453. The Balaban J connectivity index is 2.54. The Kier molecular flexibility index (Phi) is 1.38. The SMILES string of the molecule is NN1C(=O)Cc2cc(F)ccc21. The second-order valence-electron chi connectivity index (χ2n) is 2.71. The Labute approximate surface area is 68.6 Å². The molecule has 0 spiro atoms. The molecule has 62 valence electrons. The monoisotopic (exact) mass is 166 g/mol. The largest absolute Gasteiger partial charge is 0.273 e. The highest BCUT2D eigenvalue weighted by Crippen LogP contribution is 2.26. The van der Waals surface area contributed by atoms with Gasteiger partial charge in [-0.3, -0.25) is 4.79 Å². The van der Waals surface area contributed by atoms with E-state index in [0.717, 1.165) is 5.01 Å². The van der Waals surface area contributed by atoms with Gasteiger partial charge in [0.25, 0.3) is 0 Å². The molecule has 0 atom stereocenters. The van der Waals surface area contributed by atoms with Gasteiger partial charge < -0.3 is 0 Å². The van der Waals surface area contributed by atoms with Gasteiger partial charge in [-0.25, -0.2) is 15.2 Å². The Morgan fingerprint density at radius 2 is 2.25 bits per heavy atom. The molecule has 4 heteroatoms. The lowest BCUT2D eigenvalue weighted by Crippen LogP contribution is -2.33. The molecule has 0 aliphatic carbocycles. The van der Waals surface area contributed by atoms with Gasteiger partial charge in [-0.1, -0.05) is 0 Å². The number of hydrogen-bond acceptors (Lipinski definition) is 2. The van der Waals surface area contributed by atoms with Crippen molar-refractivity contribution in [2.24, 2.45) is 5.84 Å². The molecule has 0 saturated heterocycles. The van der Waals surface area contributed by atoms with Gasteiger partial charge in [-0.05, 0) is 23.8 Å². The molecule has 1 heterocycles. The fraction of sp³-hybridized carbons (Fsp3) is 0.125. The number of carbonyl (C=O) groups is 1. The fourth-order valence-corrected chi connectivity index (χ4v) is 1.31. The number of anilines is 1. The van der Waals surface area contributed by atoms with Gasteiger partial charge in [0.1, 0.15) is 5.82 Å².